The van der Waals surface area contributed by atoms with E-state index in [2.05, 4.69) is 64.6 Å². The van der Waals surface area contributed by atoms with Crippen LogP contribution in [0.2, 0.25) is 0 Å². The van der Waals surface area contributed by atoms with E-state index in [4.69, 9.17) is 4.84 Å². The molecule has 0 aromatic rings. The van der Waals surface area contributed by atoms with Crippen molar-refractivity contribution >= 4 is 5.71 Å². The van der Waals surface area contributed by atoms with E-state index in [1.165, 1.54) is 24.8 Å². The molecule has 0 aromatic carbocycles. The third kappa shape index (κ3) is 6.57. The van der Waals surface area contributed by atoms with Crippen molar-refractivity contribution in [2.24, 2.45) is 27.8 Å². The predicted molar refractivity (Wildman–Crippen MR) is 146 cm³/mol. The van der Waals surface area contributed by atoms with Gasteiger partial charge in [-0.2, -0.15) is 0 Å². The van der Waals surface area contributed by atoms with E-state index in [9.17, 15) is 10.2 Å². The fraction of sp³-hybridized carbons (Fsp3) is 0.710. The molecule has 3 aliphatic rings. The molecule has 0 radical (unpaired) electrons. The molecule has 0 amide bonds. The van der Waals surface area contributed by atoms with Gasteiger partial charge in [0, 0.05) is 11.8 Å². The summed E-state index contributed by atoms with van der Waals surface area (Å²) >= 11 is 0. The fourth-order valence-electron chi connectivity index (χ4n) is 6.51. The van der Waals surface area contributed by atoms with Crippen LogP contribution in [0.15, 0.2) is 52.3 Å². The highest BCUT2D eigenvalue weighted by Gasteiger charge is 2.45. The summed E-state index contributed by atoms with van der Waals surface area (Å²) in [5.74, 6) is 1.13. The third-order valence-corrected chi connectivity index (χ3v) is 8.63. The van der Waals surface area contributed by atoms with E-state index in [0.29, 0.717) is 31.3 Å². The number of nitrogens with zero attached hydrogens (tertiary/aromatic N) is 1. The SMILES string of the molecule is C=C1/C(=C\C=C2/CCC[C@]3(C)C([C@H](C)CCC/C(=N\OCC)C(C)(C)C)=CC[C@@H]23)C[C@@H](O)C[C@@H]1O. The van der Waals surface area contributed by atoms with E-state index in [0.717, 1.165) is 42.5 Å². The van der Waals surface area contributed by atoms with E-state index in [1.807, 2.05) is 6.92 Å². The standard InChI is InChI=1S/C31H49NO3/c1-8-35-32-29(30(4,5)6)13-9-11-21(2)26-16-17-27-23(12-10-18-31(26,27)7)14-15-24-19-25(33)20-28(34)22(24)3/h14-16,21,25,27-28,33-34H,3,8-13,17-20H2,1-2,4-7H3/b23-14+,24-15-,32-29+/t21-,25-,27+,28+,31-/m1/s1. The molecule has 2 fully saturated rings. The van der Waals surface area contributed by atoms with Crippen LogP contribution in [0.25, 0.3) is 0 Å². The number of rotatable bonds is 8. The first-order chi connectivity index (χ1) is 16.5. The van der Waals surface area contributed by atoms with E-state index in [-0.39, 0.29) is 10.8 Å². The quantitative estimate of drug-likeness (QED) is 0.216. The van der Waals surface area contributed by atoms with Crippen LogP contribution in [0.4, 0.5) is 0 Å². The smallest absolute Gasteiger partial charge is 0.114 e. The second-order valence-corrected chi connectivity index (χ2v) is 12.3. The zero-order valence-electron chi connectivity index (χ0n) is 23.1. The maximum Gasteiger partial charge on any atom is 0.114 e. The number of oxime groups is 1. The number of hydrogen-bond acceptors (Lipinski definition) is 4. The lowest BCUT2D eigenvalue weighted by molar-refractivity contribution is 0.0862. The van der Waals surface area contributed by atoms with Crippen molar-refractivity contribution in [3.05, 3.63) is 47.1 Å². The van der Waals surface area contributed by atoms with E-state index in [1.54, 1.807) is 5.57 Å². The van der Waals surface area contributed by atoms with Gasteiger partial charge in [-0.15, -0.1) is 0 Å². The lowest BCUT2D eigenvalue weighted by Crippen LogP contribution is -2.32. The average Bonchev–Trinajstić information content (AvgIpc) is 3.14. The topological polar surface area (TPSA) is 62.0 Å². The molecule has 0 aliphatic heterocycles. The summed E-state index contributed by atoms with van der Waals surface area (Å²) in [5, 5.41) is 24.7. The zero-order chi connectivity index (χ0) is 25.8. The van der Waals surface area contributed by atoms with Crippen molar-refractivity contribution in [1.29, 1.82) is 0 Å². The van der Waals surface area contributed by atoms with Crippen molar-refractivity contribution in [1.82, 2.24) is 0 Å². The molecule has 2 N–H and O–H groups in total. The lowest BCUT2D eigenvalue weighted by Gasteiger charge is -2.42. The second kappa shape index (κ2) is 11.6. The zero-order valence-corrected chi connectivity index (χ0v) is 23.1. The minimum atomic E-state index is -0.627. The molecule has 196 valence electrons. The van der Waals surface area contributed by atoms with Gasteiger partial charge < -0.3 is 15.1 Å². The van der Waals surface area contributed by atoms with E-state index >= 15 is 0 Å². The van der Waals surface area contributed by atoms with Gasteiger partial charge in [0.2, 0.25) is 0 Å². The molecule has 3 aliphatic carbocycles. The first-order valence-electron chi connectivity index (χ1n) is 13.8. The van der Waals surface area contributed by atoms with Gasteiger partial charge in [0.25, 0.3) is 0 Å². The Hall–Kier alpha value is -1.65. The van der Waals surface area contributed by atoms with Crippen LogP contribution in [0.1, 0.15) is 99.3 Å². The van der Waals surface area contributed by atoms with Crippen molar-refractivity contribution in [3.8, 4) is 0 Å². The molecule has 3 rings (SSSR count). The molecular formula is C31H49NO3. The largest absolute Gasteiger partial charge is 0.396 e. The lowest BCUT2D eigenvalue weighted by atomic mass is 9.62. The Labute approximate surface area is 213 Å². The number of allylic oxidation sites excluding steroid dienone is 5. The van der Waals surface area contributed by atoms with Crippen molar-refractivity contribution in [3.63, 3.8) is 0 Å². The van der Waals surface area contributed by atoms with Crippen LogP contribution in [0.5, 0.6) is 0 Å². The molecule has 0 bridgehead atoms. The summed E-state index contributed by atoms with van der Waals surface area (Å²) in [5.41, 5.74) is 6.36. The van der Waals surface area contributed by atoms with Crippen LogP contribution >= 0.6 is 0 Å². The van der Waals surface area contributed by atoms with Gasteiger partial charge in [-0.25, -0.2) is 0 Å². The molecule has 5 atom stereocenters. The Morgan fingerprint density at radius 1 is 1.31 bits per heavy atom. The summed E-state index contributed by atoms with van der Waals surface area (Å²) < 4.78 is 0. The number of aliphatic hydroxyl groups is 2. The Morgan fingerprint density at radius 2 is 2.06 bits per heavy atom. The normalized spacial score (nSPS) is 33.1. The monoisotopic (exact) mass is 483 g/mol. The van der Waals surface area contributed by atoms with Gasteiger partial charge in [0.1, 0.15) is 6.61 Å². The summed E-state index contributed by atoms with van der Waals surface area (Å²) in [7, 11) is 0. The van der Waals surface area contributed by atoms with Gasteiger partial charge in [0.05, 0.1) is 17.9 Å². The highest BCUT2D eigenvalue weighted by atomic mass is 16.6. The first kappa shape index (κ1) is 27.9. The minimum Gasteiger partial charge on any atom is -0.396 e. The Kier molecular flexibility index (Phi) is 9.26. The van der Waals surface area contributed by atoms with Gasteiger partial charge in [-0.1, -0.05) is 75.7 Å². The molecule has 0 aromatic heterocycles. The molecule has 0 spiro atoms. The predicted octanol–water partition coefficient (Wildman–Crippen LogP) is 7.29. The van der Waals surface area contributed by atoms with Crippen molar-refractivity contribution < 1.29 is 15.1 Å². The maximum atomic E-state index is 10.2. The molecule has 4 heteroatoms. The van der Waals surface area contributed by atoms with Crippen molar-refractivity contribution in [2.75, 3.05) is 6.61 Å². The van der Waals surface area contributed by atoms with Gasteiger partial charge >= 0.3 is 0 Å². The molecule has 0 saturated heterocycles. The Balaban J connectivity index is 1.66. The molecule has 0 unspecified atom stereocenters. The first-order valence-corrected chi connectivity index (χ1v) is 13.8. The summed E-state index contributed by atoms with van der Waals surface area (Å²) in [4.78, 5) is 5.40. The summed E-state index contributed by atoms with van der Waals surface area (Å²) in [6, 6.07) is 0. The molecule has 35 heavy (non-hydrogen) atoms. The van der Waals surface area contributed by atoms with Crippen LogP contribution in [0.3, 0.4) is 0 Å². The third-order valence-electron chi connectivity index (χ3n) is 8.63. The number of aliphatic hydroxyl groups excluding tert-OH is 2. The van der Waals surface area contributed by atoms with Gasteiger partial charge in [-0.3, -0.25) is 0 Å². The van der Waals surface area contributed by atoms with Gasteiger partial charge in [-0.05, 0) is 86.7 Å². The van der Waals surface area contributed by atoms with Crippen LogP contribution < -0.4 is 0 Å². The molecule has 0 heterocycles. The fourth-order valence-corrected chi connectivity index (χ4v) is 6.51. The minimum absolute atomic E-state index is 0.0371. The molecule has 2 saturated carbocycles. The summed E-state index contributed by atoms with van der Waals surface area (Å²) in [6.45, 7) is 18.2. The molecular weight excluding hydrogens is 434 g/mol. The second-order valence-electron chi connectivity index (χ2n) is 12.3. The van der Waals surface area contributed by atoms with Crippen molar-refractivity contribution in [2.45, 2.75) is 112 Å². The van der Waals surface area contributed by atoms with Crippen LogP contribution in [-0.2, 0) is 4.84 Å². The van der Waals surface area contributed by atoms with E-state index < -0.39 is 12.2 Å². The van der Waals surface area contributed by atoms with Gasteiger partial charge in [0.15, 0.2) is 0 Å². The Morgan fingerprint density at radius 3 is 2.74 bits per heavy atom. The number of fused-ring (bicyclic) bond motifs is 1. The highest BCUT2D eigenvalue weighted by Crippen LogP contribution is 2.57. The summed E-state index contributed by atoms with van der Waals surface area (Å²) in [6.07, 6.45) is 14.9. The van der Waals surface area contributed by atoms with Crippen LogP contribution in [0, 0.1) is 22.7 Å². The highest BCUT2D eigenvalue weighted by molar-refractivity contribution is 5.88. The molecule has 4 nitrogen and oxygen atoms in total. The number of hydrogen-bond donors (Lipinski definition) is 2. The maximum absolute atomic E-state index is 10.2. The average molecular weight is 484 g/mol. The Bertz CT molecular complexity index is 887. The van der Waals surface area contributed by atoms with Crippen LogP contribution in [-0.4, -0.2) is 34.7 Å².